The summed E-state index contributed by atoms with van der Waals surface area (Å²) < 4.78 is 27.4. The second-order valence-electron chi connectivity index (χ2n) is 5.49. The number of sulfonamides is 1. The zero-order valence-corrected chi connectivity index (χ0v) is 14.6. The van der Waals surface area contributed by atoms with E-state index in [1.54, 1.807) is 54.7 Å². The van der Waals surface area contributed by atoms with E-state index < -0.39 is 10.0 Å². The first-order valence-corrected chi connectivity index (χ1v) is 9.39. The lowest BCUT2D eigenvalue weighted by Crippen LogP contribution is -2.24. The van der Waals surface area contributed by atoms with Gasteiger partial charge in [-0.25, -0.2) is 13.1 Å². The summed E-state index contributed by atoms with van der Waals surface area (Å²) in [5, 5.41) is 2.73. The quantitative estimate of drug-likeness (QED) is 0.701. The molecule has 7 heteroatoms. The van der Waals surface area contributed by atoms with E-state index >= 15 is 0 Å². The van der Waals surface area contributed by atoms with Gasteiger partial charge in [-0.1, -0.05) is 30.3 Å². The minimum atomic E-state index is -3.76. The lowest BCUT2D eigenvalue weighted by molar-refractivity contribution is 0.102. The molecule has 1 heterocycles. The first-order valence-electron chi connectivity index (χ1n) is 7.91. The molecule has 26 heavy (non-hydrogen) atoms. The molecule has 0 radical (unpaired) electrons. The molecule has 132 valence electrons. The van der Waals surface area contributed by atoms with Crippen LogP contribution in [0.3, 0.4) is 0 Å². The van der Waals surface area contributed by atoms with Gasteiger partial charge >= 0.3 is 0 Å². The topological polar surface area (TPSA) is 88.2 Å². The van der Waals surface area contributed by atoms with Crippen molar-refractivity contribution >= 4 is 21.6 Å². The van der Waals surface area contributed by atoms with Gasteiger partial charge in [0.1, 0.15) is 0 Å². The van der Waals surface area contributed by atoms with E-state index in [1.165, 1.54) is 18.2 Å². The van der Waals surface area contributed by atoms with Crippen molar-refractivity contribution < 1.29 is 13.2 Å². The van der Waals surface area contributed by atoms with E-state index in [9.17, 15) is 13.2 Å². The molecule has 0 aliphatic carbocycles. The second-order valence-corrected chi connectivity index (χ2v) is 7.26. The second kappa shape index (κ2) is 7.90. The van der Waals surface area contributed by atoms with Gasteiger partial charge in [0, 0.05) is 17.4 Å². The van der Waals surface area contributed by atoms with E-state index in [0.29, 0.717) is 11.4 Å². The maximum absolute atomic E-state index is 12.5. The normalized spacial score (nSPS) is 11.1. The van der Waals surface area contributed by atoms with E-state index in [1.807, 2.05) is 6.07 Å². The van der Waals surface area contributed by atoms with Crippen LogP contribution in [0.4, 0.5) is 5.69 Å². The molecule has 3 rings (SSSR count). The minimum absolute atomic E-state index is 0.0224. The fourth-order valence-corrected chi connectivity index (χ4v) is 3.33. The fraction of sp³-hybridized carbons (Fsp3) is 0.0526. The Morgan fingerprint density at radius 3 is 2.42 bits per heavy atom. The van der Waals surface area contributed by atoms with Gasteiger partial charge in [-0.05, 0) is 42.5 Å². The maximum Gasteiger partial charge on any atom is 0.255 e. The summed E-state index contributed by atoms with van der Waals surface area (Å²) in [5.74, 6) is -0.377. The molecule has 6 nitrogen and oxygen atoms in total. The number of rotatable bonds is 6. The highest BCUT2D eigenvalue weighted by Gasteiger charge is 2.16. The number of amides is 1. The average Bonchev–Trinajstić information content (AvgIpc) is 2.68. The Kier molecular flexibility index (Phi) is 5.40. The van der Waals surface area contributed by atoms with Crippen LogP contribution < -0.4 is 10.0 Å². The summed E-state index contributed by atoms with van der Waals surface area (Å²) in [4.78, 5) is 16.4. The molecule has 2 aromatic carbocycles. The molecule has 0 spiro atoms. The van der Waals surface area contributed by atoms with Gasteiger partial charge in [-0.3, -0.25) is 9.78 Å². The van der Waals surface area contributed by atoms with E-state index in [-0.39, 0.29) is 22.9 Å². The Morgan fingerprint density at radius 1 is 0.923 bits per heavy atom. The van der Waals surface area contributed by atoms with Gasteiger partial charge < -0.3 is 5.32 Å². The monoisotopic (exact) mass is 367 g/mol. The summed E-state index contributed by atoms with van der Waals surface area (Å²) in [6.07, 6.45) is 1.60. The Labute approximate surface area is 152 Å². The van der Waals surface area contributed by atoms with Gasteiger partial charge in [0.25, 0.3) is 5.91 Å². The maximum atomic E-state index is 12.5. The van der Waals surface area contributed by atoms with E-state index in [2.05, 4.69) is 15.0 Å². The molecule has 0 fully saturated rings. The Bertz CT molecular complexity index is 991. The van der Waals surface area contributed by atoms with Crippen LogP contribution in [0.25, 0.3) is 0 Å². The number of aromatic nitrogens is 1. The van der Waals surface area contributed by atoms with Crippen LogP contribution in [0.2, 0.25) is 0 Å². The minimum Gasteiger partial charge on any atom is -0.322 e. The molecule has 0 saturated heterocycles. The highest BCUT2D eigenvalue weighted by molar-refractivity contribution is 7.89. The molecule has 0 unspecified atom stereocenters. The number of carbonyl (C=O) groups excluding carboxylic acids is 1. The first-order chi connectivity index (χ1) is 12.5. The van der Waals surface area contributed by atoms with E-state index in [0.717, 1.165) is 0 Å². The third kappa shape index (κ3) is 4.53. The lowest BCUT2D eigenvalue weighted by Gasteiger charge is -2.09. The van der Waals surface area contributed by atoms with Crippen LogP contribution in [0.15, 0.2) is 83.9 Å². The zero-order valence-electron chi connectivity index (χ0n) is 13.8. The predicted molar refractivity (Wildman–Crippen MR) is 99.1 cm³/mol. The number of nitrogens with one attached hydrogen (secondary N) is 2. The molecule has 2 N–H and O–H groups in total. The predicted octanol–water partition coefficient (Wildman–Crippen LogP) is 2.81. The van der Waals surface area contributed by atoms with Crippen LogP contribution in [0, 0.1) is 0 Å². The average molecular weight is 367 g/mol. The molecule has 0 saturated carbocycles. The number of para-hydroxylation sites is 1. The van der Waals surface area contributed by atoms with Crippen molar-refractivity contribution in [2.24, 2.45) is 0 Å². The SMILES string of the molecule is O=C(Nc1ccccc1)c1cccc(S(=O)(=O)NCc2ccccn2)c1. The largest absolute Gasteiger partial charge is 0.322 e. The zero-order chi connectivity index (χ0) is 18.4. The lowest BCUT2D eigenvalue weighted by atomic mass is 10.2. The van der Waals surface area contributed by atoms with E-state index in [4.69, 9.17) is 0 Å². The summed E-state index contributed by atoms with van der Waals surface area (Å²) in [6.45, 7) is 0.0730. The highest BCUT2D eigenvalue weighted by atomic mass is 32.2. The van der Waals surface area contributed by atoms with Crippen LogP contribution in [0.1, 0.15) is 16.1 Å². The van der Waals surface area contributed by atoms with Crippen molar-refractivity contribution in [1.29, 1.82) is 0 Å². The molecule has 0 aliphatic rings. The van der Waals surface area contributed by atoms with Gasteiger partial charge in [0.05, 0.1) is 17.1 Å². The van der Waals surface area contributed by atoms with Crippen molar-refractivity contribution in [1.82, 2.24) is 9.71 Å². The summed E-state index contributed by atoms with van der Waals surface area (Å²) in [6, 6.07) is 20.1. The number of benzene rings is 2. The Morgan fingerprint density at radius 2 is 1.69 bits per heavy atom. The number of carbonyl (C=O) groups is 1. The Balaban J connectivity index is 1.74. The number of anilines is 1. The highest BCUT2D eigenvalue weighted by Crippen LogP contribution is 2.14. The fourth-order valence-electron chi connectivity index (χ4n) is 2.28. The number of pyridine rings is 1. The first kappa shape index (κ1) is 17.8. The number of nitrogens with zero attached hydrogens (tertiary/aromatic N) is 1. The van der Waals surface area contributed by atoms with Gasteiger partial charge in [0.15, 0.2) is 0 Å². The summed E-state index contributed by atoms with van der Waals surface area (Å²) >= 11 is 0. The standard InChI is InChI=1S/C19H17N3O3S/c23-19(22-16-8-2-1-3-9-16)15-7-6-11-18(13-15)26(24,25)21-14-17-10-4-5-12-20-17/h1-13,21H,14H2,(H,22,23). The molecule has 1 aromatic heterocycles. The van der Waals surface area contributed by atoms with Crippen LogP contribution >= 0.6 is 0 Å². The van der Waals surface area contributed by atoms with Crippen LogP contribution in [0.5, 0.6) is 0 Å². The number of hydrogen-bond donors (Lipinski definition) is 2. The van der Waals surface area contributed by atoms with Crippen molar-refractivity contribution in [3.8, 4) is 0 Å². The summed E-state index contributed by atoms with van der Waals surface area (Å²) in [5.41, 5.74) is 1.50. The van der Waals surface area contributed by atoms with Crippen molar-refractivity contribution in [2.75, 3.05) is 5.32 Å². The molecule has 0 bridgehead atoms. The van der Waals surface area contributed by atoms with Crippen molar-refractivity contribution in [3.05, 3.63) is 90.3 Å². The third-order valence-electron chi connectivity index (χ3n) is 3.61. The van der Waals surface area contributed by atoms with Crippen molar-refractivity contribution in [3.63, 3.8) is 0 Å². The van der Waals surface area contributed by atoms with Gasteiger partial charge in [-0.2, -0.15) is 0 Å². The van der Waals surface area contributed by atoms with Crippen LogP contribution in [-0.2, 0) is 16.6 Å². The molecule has 1 amide bonds. The number of hydrogen-bond acceptors (Lipinski definition) is 4. The van der Waals surface area contributed by atoms with Gasteiger partial charge in [0.2, 0.25) is 10.0 Å². The molecular formula is C19H17N3O3S. The van der Waals surface area contributed by atoms with Gasteiger partial charge in [-0.15, -0.1) is 0 Å². The molecule has 3 aromatic rings. The summed E-state index contributed by atoms with van der Waals surface area (Å²) in [7, 11) is -3.76. The Hall–Kier alpha value is -3.03. The molecule has 0 aliphatic heterocycles. The smallest absolute Gasteiger partial charge is 0.255 e. The molecule has 0 atom stereocenters. The van der Waals surface area contributed by atoms with Crippen molar-refractivity contribution in [2.45, 2.75) is 11.4 Å². The third-order valence-corrected chi connectivity index (χ3v) is 5.01. The van der Waals surface area contributed by atoms with Crippen LogP contribution in [-0.4, -0.2) is 19.3 Å². The molecular weight excluding hydrogens is 350 g/mol.